The van der Waals surface area contributed by atoms with E-state index in [1.54, 1.807) is 6.07 Å². The molecule has 2 amide bonds. The lowest BCUT2D eigenvalue weighted by Crippen LogP contribution is -2.31. The van der Waals surface area contributed by atoms with Gasteiger partial charge in [0.25, 0.3) is 16.9 Å². The number of fused-ring (bicyclic) bond motifs is 1. The summed E-state index contributed by atoms with van der Waals surface area (Å²) in [7, 11) is 0. The van der Waals surface area contributed by atoms with E-state index in [0.29, 0.717) is 12.3 Å². The Morgan fingerprint density at radius 2 is 2.04 bits per heavy atom. The number of ether oxygens (including phenoxy) is 1. The van der Waals surface area contributed by atoms with Crippen LogP contribution >= 0.6 is 0 Å². The van der Waals surface area contributed by atoms with Crippen molar-refractivity contribution in [2.24, 2.45) is 0 Å². The highest BCUT2D eigenvalue weighted by Crippen LogP contribution is 2.27. The summed E-state index contributed by atoms with van der Waals surface area (Å²) in [5.74, 6) is -0.554. The number of hydrogen-bond acceptors (Lipinski definition) is 8. The maximum atomic E-state index is 12.4. The molecule has 2 rings (SSSR count). The van der Waals surface area contributed by atoms with E-state index in [0.717, 1.165) is 17.9 Å². The molecule has 0 fully saturated rings. The van der Waals surface area contributed by atoms with Gasteiger partial charge in [0.15, 0.2) is 0 Å². The summed E-state index contributed by atoms with van der Waals surface area (Å²) < 4.78 is 5.50. The van der Waals surface area contributed by atoms with E-state index in [9.17, 15) is 24.8 Å². The van der Waals surface area contributed by atoms with Gasteiger partial charge in [-0.05, 0) is 37.6 Å². The van der Waals surface area contributed by atoms with E-state index in [1.165, 1.54) is 12.1 Å². The van der Waals surface area contributed by atoms with Crippen LogP contribution in [0.4, 0.5) is 0 Å². The average Bonchev–Trinajstić information content (AvgIpc) is 2.87. The fraction of sp³-hybridized carbons (Fsp3) is 0.529. The zero-order chi connectivity index (χ0) is 19.8. The standard InChI is InChI=1S/C17H23N3O7/c1-2-6-18-10-12(21)11-26-13-4-5-14-15(9-13)17(23)19(16(14)22)7-3-8-27-20(24)25/h4-5,9,12,18,21H,2-3,6-8,10-11H2,1H3. The van der Waals surface area contributed by atoms with Crippen LogP contribution in [0.15, 0.2) is 18.2 Å². The van der Waals surface area contributed by atoms with Gasteiger partial charge in [0.05, 0.1) is 17.7 Å². The molecule has 1 aliphatic rings. The molecule has 1 unspecified atom stereocenters. The van der Waals surface area contributed by atoms with Crippen LogP contribution in [0.3, 0.4) is 0 Å². The quantitative estimate of drug-likeness (QED) is 0.233. The summed E-state index contributed by atoms with van der Waals surface area (Å²) in [6.45, 7) is 3.11. The number of imide groups is 1. The first kappa shape index (κ1) is 20.6. The Bertz CT molecular complexity index is 695. The van der Waals surface area contributed by atoms with Crippen molar-refractivity contribution in [2.75, 3.05) is 32.8 Å². The first-order valence-corrected chi connectivity index (χ1v) is 8.73. The smallest absolute Gasteiger partial charge is 0.294 e. The van der Waals surface area contributed by atoms with Crippen molar-refractivity contribution in [3.8, 4) is 5.75 Å². The maximum absolute atomic E-state index is 12.4. The second-order valence-electron chi connectivity index (χ2n) is 6.05. The minimum absolute atomic E-state index is 0.0260. The molecular weight excluding hydrogens is 358 g/mol. The lowest BCUT2D eigenvalue weighted by atomic mass is 10.1. The molecule has 10 nitrogen and oxygen atoms in total. The SMILES string of the molecule is CCCNCC(O)COc1ccc2c(c1)C(=O)N(CCCO[N+](=O)[O-])C2=O. The molecule has 1 aromatic carbocycles. The van der Waals surface area contributed by atoms with Gasteiger partial charge >= 0.3 is 0 Å². The molecule has 0 bridgehead atoms. The highest BCUT2D eigenvalue weighted by Gasteiger charge is 2.35. The van der Waals surface area contributed by atoms with Crippen molar-refractivity contribution in [3.05, 3.63) is 39.4 Å². The molecule has 0 spiro atoms. The van der Waals surface area contributed by atoms with Crippen LogP contribution < -0.4 is 10.1 Å². The van der Waals surface area contributed by atoms with Gasteiger partial charge in [-0.25, -0.2) is 0 Å². The minimum atomic E-state index is -0.918. The van der Waals surface area contributed by atoms with Gasteiger partial charge in [-0.3, -0.25) is 14.5 Å². The first-order valence-electron chi connectivity index (χ1n) is 8.73. The number of amides is 2. The van der Waals surface area contributed by atoms with Gasteiger partial charge in [-0.15, -0.1) is 10.1 Å². The molecule has 1 aromatic rings. The van der Waals surface area contributed by atoms with Crippen LogP contribution in [0.2, 0.25) is 0 Å². The van der Waals surface area contributed by atoms with Gasteiger partial charge in [0.2, 0.25) is 0 Å². The molecule has 0 aliphatic carbocycles. The fourth-order valence-electron chi connectivity index (χ4n) is 2.62. The van der Waals surface area contributed by atoms with Crippen LogP contribution in [-0.4, -0.2) is 65.9 Å². The van der Waals surface area contributed by atoms with Crippen LogP contribution in [0, 0.1) is 10.1 Å². The number of aliphatic hydroxyl groups excluding tert-OH is 1. The van der Waals surface area contributed by atoms with Crippen LogP contribution in [-0.2, 0) is 4.84 Å². The van der Waals surface area contributed by atoms with E-state index in [-0.39, 0.29) is 37.3 Å². The fourth-order valence-corrected chi connectivity index (χ4v) is 2.62. The Morgan fingerprint density at radius 3 is 2.74 bits per heavy atom. The summed E-state index contributed by atoms with van der Waals surface area (Å²) in [4.78, 5) is 40.1. The minimum Gasteiger partial charge on any atom is -0.491 e. The molecule has 10 heteroatoms. The number of nitrogens with zero attached hydrogens (tertiary/aromatic N) is 2. The van der Waals surface area contributed by atoms with Crippen LogP contribution in [0.25, 0.3) is 0 Å². The molecule has 1 aliphatic heterocycles. The number of carbonyl (C=O) groups excluding carboxylic acids is 2. The number of nitrogens with one attached hydrogen (secondary N) is 1. The number of benzene rings is 1. The zero-order valence-corrected chi connectivity index (χ0v) is 15.1. The van der Waals surface area contributed by atoms with Gasteiger partial charge in [-0.1, -0.05) is 6.92 Å². The molecule has 0 aromatic heterocycles. The van der Waals surface area contributed by atoms with Crippen molar-refractivity contribution >= 4 is 11.8 Å². The number of carbonyl (C=O) groups is 2. The number of rotatable bonds is 12. The summed E-state index contributed by atoms with van der Waals surface area (Å²) in [5, 5.41) is 22.1. The molecule has 0 radical (unpaired) electrons. The third-order valence-corrected chi connectivity index (χ3v) is 3.91. The Kier molecular flexibility index (Phi) is 7.50. The van der Waals surface area contributed by atoms with Crippen molar-refractivity contribution in [3.63, 3.8) is 0 Å². The van der Waals surface area contributed by atoms with E-state index < -0.39 is 23.0 Å². The van der Waals surface area contributed by atoms with Gasteiger partial charge in [0, 0.05) is 13.1 Å². The largest absolute Gasteiger partial charge is 0.491 e. The Balaban J connectivity index is 1.91. The highest BCUT2D eigenvalue weighted by molar-refractivity contribution is 6.21. The van der Waals surface area contributed by atoms with Gasteiger partial charge < -0.3 is 20.0 Å². The summed E-state index contributed by atoms with van der Waals surface area (Å²) in [5.41, 5.74) is 0.471. The average molecular weight is 381 g/mol. The van der Waals surface area contributed by atoms with E-state index in [1.807, 2.05) is 6.92 Å². The summed E-state index contributed by atoms with van der Waals surface area (Å²) in [6, 6.07) is 4.53. The lowest BCUT2D eigenvalue weighted by molar-refractivity contribution is -0.757. The Labute approximate surface area is 156 Å². The van der Waals surface area contributed by atoms with Gasteiger partial charge in [-0.2, -0.15) is 0 Å². The molecule has 2 N–H and O–H groups in total. The Hall–Kier alpha value is -2.72. The lowest BCUT2D eigenvalue weighted by Gasteiger charge is -2.13. The summed E-state index contributed by atoms with van der Waals surface area (Å²) in [6.07, 6.45) is 0.427. The molecule has 27 heavy (non-hydrogen) atoms. The first-order chi connectivity index (χ1) is 12.9. The molecule has 0 saturated carbocycles. The third kappa shape index (κ3) is 5.63. The monoisotopic (exact) mass is 381 g/mol. The second-order valence-corrected chi connectivity index (χ2v) is 6.05. The number of aliphatic hydroxyl groups is 1. The molecule has 148 valence electrons. The van der Waals surface area contributed by atoms with Crippen LogP contribution in [0.1, 0.15) is 40.5 Å². The second kappa shape index (κ2) is 9.83. The predicted molar refractivity (Wildman–Crippen MR) is 94.0 cm³/mol. The Morgan fingerprint density at radius 1 is 1.30 bits per heavy atom. The van der Waals surface area contributed by atoms with Crippen molar-refractivity contribution < 1.29 is 29.4 Å². The van der Waals surface area contributed by atoms with E-state index in [2.05, 4.69) is 10.2 Å². The van der Waals surface area contributed by atoms with Crippen molar-refractivity contribution in [2.45, 2.75) is 25.9 Å². The molecule has 1 heterocycles. The third-order valence-electron chi connectivity index (χ3n) is 3.91. The van der Waals surface area contributed by atoms with Gasteiger partial charge in [0.1, 0.15) is 18.5 Å². The van der Waals surface area contributed by atoms with Crippen molar-refractivity contribution in [1.82, 2.24) is 10.2 Å². The predicted octanol–water partition coefficient (Wildman–Crippen LogP) is 0.620. The normalized spacial score (nSPS) is 14.2. The highest BCUT2D eigenvalue weighted by atomic mass is 16.9. The van der Waals surface area contributed by atoms with Crippen LogP contribution in [0.5, 0.6) is 5.75 Å². The maximum Gasteiger partial charge on any atom is 0.294 e. The summed E-state index contributed by atoms with van der Waals surface area (Å²) >= 11 is 0. The number of hydrogen-bond donors (Lipinski definition) is 2. The van der Waals surface area contributed by atoms with E-state index >= 15 is 0 Å². The van der Waals surface area contributed by atoms with E-state index in [4.69, 9.17) is 4.74 Å². The molecule has 0 saturated heterocycles. The molecule has 1 atom stereocenters. The zero-order valence-electron chi connectivity index (χ0n) is 15.1. The molecular formula is C17H23N3O7. The van der Waals surface area contributed by atoms with Crippen molar-refractivity contribution in [1.29, 1.82) is 0 Å². The topological polar surface area (TPSA) is 131 Å².